The zero-order valence-corrected chi connectivity index (χ0v) is 16.7. The Morgan fingerprint density at radius 1 is 1.11 bits per heavy atom. The van der Waals surface area contributed by atoms with E-state index in [1.807, 2.05) is 31.2 Å². The van der Waals surface area contributed by atoms with Gasteiger partial charge in [-0.3, -0.25) is 4.79 Å². The van der Waals surface area contributed by atoms with Gasteiger partial charge in [0.05, 0.1) is 5.75 Å². The van der Waals surface area contributed by atoms with Crippen molar-refractivity contribution in [2.24, 2.45) is 0 Å². The summed E-state index contributed by atoms with van der Waals surface area (Å²) < 4.78 is 11.7. The number of nitrogens with one attached hydrogen (secondary N) is 2. The van der Waals surface area contributed by atoms with Gasteiger partial charge in [0.1, 0.15) is 13.2 Å². The van der Waals surface area contributed by atoms with Crippen molar-refractivity contribution in [1.29, 1.82) is 0 Å². The first kappa shape index (κ1) is 18.6. The summed E-state index contributed by atoms with van der Waals surface area (Å²) in [6.45, 7) is 3.08. The number of thioether (sulfide) groups is 1. The predicted molar refractivity (Wildman–Crippen MR) is 111 cm³/mol. The number of aromatic nitrogens is 2. The van der Waals surface area contributed by atoms with Gasteiger partial charge in [0.25, 0.3) is 0 Å². The molecule has 0 unspecified atom stereocenters. The Morgan fingerprint density at radius 3 is 2.82 bits per heavy atom. The van der Waals surface area contributed by atoms with Gasteiger partial charge in [0.2, 0.25) is 11.0 Å². The average molecular weight is 415 g/mol. The van der Waals surface area contributed by atoms with Crippen LogP contribution in [0.1, 0.15) is 5.56 Å². The quantitative estimate of drug-likeness (QED) is 0.588. The molecule has 1 aliphatic rings. The molecule has 0 spiro atoms. The fourth-order valence-corrected chi connectivity index (χ4v) is 4.18. The third kappa shape index (κ3) is 4.73. The van der Waals surface area contributed by atoms with Crippen molar-refractivity contribution in [3.8, 4) is 11.5 Å². The molecule has 4 rings (SSSR count). The summed E-state index contributed by atoms with van der Waals surface area (Å²) in [5, 5.41) is 15.0. The highest BCUT2D eigenvalue weighted by Gasteiger charge is 2.13. The van der Waals surface area contributed by atoms with Crippen LogP contribution in [0.15, 0.2) is 46.8 Å². The van der Waals surface area contributed by atoms with Crippen LogP contribution in [0.4, 0.5) is 16.5 Å². The Kier molecular flexibility index (Phi) is 5.63. The number of carbonyl (C=O) groups excluding carboxylic acids is 1. The van der Waals surface area contributed by atoms with Gasteiger partial charge in [-0.05, 0) is 36.8 Å². The highest BCUT2D eigenvalue weighted by Crippen LogP contribution is 2.33. The third-order valence-corrected chi connectivity index (χ3v) is 5.80. The number of amides is 1. The van der Waals surface area contributed by atoms with E-state index in [0.717, 1.165) is 10.0 Å². The smallest absolute Gasteiger partial charge is 0.234 e. The zero-order valence-electron chi connectivity index (χ0n) is 15.1. The van der Waals surface area contributed by atoms with Crippen LogP contribution in [0.2, 0.25) is 0 Å². The minimum absolute atomic E-state index is 0.120. The molecule has 144 valence electrons. The van der Waals surface area contributed by atoms with Crippen LogP contribution in [-0.2, 0) is 4.79 Å². The molecule has 0 aliphatic carbocycles. The number of fused-ring (bicyclic) bond motifs is 1. The van der Waals surface area contributed by atoms with Crippen molar-refractivity contribution in [2.45, 2.75) is 11.3 Å². The maximum atomic E-state index is 12.2. The van der Waals surface area contributed by atoms with Gasteiger partial charge < -0.3 is 20.1 Å². The number of aryl methyl sites for hydroxylation is 1. The van der Waals surface area contributed by atoms with Crippen molar-refractivity contribution in [2.75, 3.05) is 29.6 Å². The van der Waals surface area contributed by atoms with Crippen molar-refractivity contribution in [3.63, 3.8) is 0 Å². The molecule has 0 atom stereocenters. The average Bonchev–Trinajstić information content (AvgIpc) is 3.14. The van der Waals surface area contributed by atoms with Crippen molar-refractivity contribution < 1.29 is 14.3 Å². The lowest BCUT2D eigenvalue weighted by atomic mass is 10.2. The van der Waals surface area contributed by atoms with Gasteiger partial charge >= 0.3 is 0 Å². The highest BCUT2D eigenvalue weighted by atomic mass is 32.2. The SMILES string of the molecule is Cc1cccc(Nc2nnc(SCC(=O)Nc3ccc4c(c3)OCCO4)s2)c1. The molecule has 0 bridgehead atoms. The van der Waals surface area contributed by atoms with Crippen LogP contribution in [0.5, 0.6) is 11.5 Å². The standard InChI is InChI=1S/C19H18N4O3S2/c1-12-3-2-4-13(9-12)21-18-22-23-19(28-18)27-11-17(24)20-14-5-6-15-16(10-14)26-8-7-25-15/h2-6,9-10H,7-8,11H2,1H3,(H,20,24)(H,21,22). The number of ether oxygens (including phenoxy) is 2. The molecule has 2 heterocycles. The first-order chi connectivity index (χ1) is 13.7. The Bertz CT molecular complexity index is 993. The Hall–Kier alpha value is -2.78. The molecule has 1 amide bonds. The molecule has 2 N–H and O–H groups in total. The van der Waals surface area contributed by atoms with E-state index in [1.165, 1.54) is 28.7 Å². The third-order valence-electron chi connectivity index (χ3n) is 3.83. The summed E-state index contributed by atoms with van der Waals surface area (Å²) in [7, 11) is 0. The molecule has 1 aliphatic heterocycles. The van der Waals surface area contributed by atoms with Crippen LogP contribution < -0.4 is 20.1 Å². The van der Waals surface area contributed by atoms with Gasteiger partial charge in [-0.1, -0.05) is 35.2 Å². The maximum absolute atomic E-state index is 12.2. The van der Waals surface area contributed by atoms with Crippen LogP contribution >= 0.6 is 23.1 Å². The summed E-state index contributed by atoms with van der Waals surface area (Å²) >= 11 is 2.76. The monoisotopic (exact) mass is 414 g/mol. The minimum atomic E-state index is -0.120. The first-order valence-corrected chi connectivity index (χ1v) is 10.5. The fraction of sp³-hybridized carbons (Fsp3) is 0.211. The number of rotatable bonds is 6. The summed E-state index contributed by atoms with van der Waals surface area (Å²) in [4.78, 5) is 12.2. The van der Waals surface area contributed by atoms with E-state index in [9.17, 15) is 4.79 Å². The van der Waals surface area contributed by atoms with E-state index < -0.39 is 0 Å². The number of benzene rings is 2. The predicted octanol–water partition coefficient (Wildman–Crippen LogP) is 4.09. The summed E-state index contributed by atoms with van der Waals surface area (Å²) in [6.07, 6.45) is 0. The van der Waals surface area contributed by atoms with Crippen LogP contribution in [0.3, 0.4) is 0 Å². The van der Waals surface area contributed by atoms with Gasteiger partial charge in [-0.25, -0.2) is 0 Å². The summed E-state index contributed by atoms with van der Waals surface area (Å²) in [5.74, 6) is 1.46. The Morgan fingerprint density at radius 2 is 1.96 bits per heavy atom. The lowest BCUT2D eigenvalue weighted by Crippen LogP contribution is -2.17. The molecule has 2 aromatic carbocycles. The molecular formula is C19H18N4O3S2. The van der Waals surface area contributed by atoms with E-state index in [2.05, 4.69) is 20.8 Å². The molecule has 0 saturated heterocycles. The van der Waals surface area contributed by atoms with Crippen LogP contribution in [0.25, 0.3) is 0 Å². The van der Waals surface area contributed by atoms with Crippen molar-refractivity contribution in [3.05, 3.63) is 48.0 Å². The second-order valence-corrected chi connectivity index (χ2v) is 8.26. The highest BCUT2D eigenvalue weighted by molar-refractivity contribution is 8.01. The largest absolute Gasteiger partial charge is 0.486 e. The Labute approximate surface area is 170 Å². The van der Waals surface area contributed by atoms with E-state index in [1.54, 1.807) is 18.2 Å². The van der Waals surface area contributed by atoms with E-state index >= 15 is 0 Å². The number of hydrogen-bond acceptors (Lipinski definition) is 8. The maximum Gasteiger partial charge on any atom is 0.234 e. The van der Waals surface area contributed by atoms with Crippen molar-refractivity contribution in [1.82, 2.24) is 10.2 Å². The number of anilines is 3. The first-order valence-electron chi connectivity index (χ1n) is 8.65. The zero-order chi connectivity index (χ0) is 19.3. The van der Waals surface area contributed by atoms with Gasteiger partial charge in [-0.15, -0.1) is 10.2 Å². The van der Waals surface area contributed by atoms with Crippen molar-refractivity contribution >= 4 is 45.5 Å². The van der Waals surface area contributed by atoms with E-state index in [-0.39, 0.29) is 11.7 Å². The second kappa shape index (κ2) is 8.49. The molecule has 3 aromatic rings. The molecule has 1 aromatic heterocycles. The number of carbonyl (C=O) groups is 1. The topological polar surface area (TPSA) is 85.4 Å². The summed E-state index contributed by atoms with van der Waals surface area (Å²) in [6, 6.07) is 13.4. The molecule has 0 radical (unpaired) electrons. The molecule has 7 nitrogen and oxygen atoms in total. The molecule has 28 heavy (non-hydrogen) atoms. The molecule has 0 fully saturated rings. The van der Waals surface area contributed by atoms with E-state index in [4.69, 9.17) is 9.47 Å². The van der Waals surface area contributed by atoms with Gasteiger partial charge in [0.15, 0.2) is 15.8 Å². The van der Waals surface area contributed by atoms with Gasteiger partial charge in [-0.2, -0.15) is 0 Å². The lowest BCUT2D eigenvalue weighted by Gasteiger charge is -2.18. The van der Waals surface area contributed by atoms with Crippen LogP contribution in [-0.4, -0.2) is 35.1 Å². The lowest BCUT2D eigenvalue weighted by molar-refractivity contribution is -0.113. The normalized spacial score (nSPS) is 12.5. The fourth-order valence-electron chi connectivity index (χ4n) is 2.61. The van der Waals surface area contributed by atoms with E-state index in [0.29, 0.717) is 35.5 Å². The number of nitrogens with zero attached hydrogens (tertiary/aromatic N) is 2. The molecule has 9 heteroatoms. The van der Waals surface area contributed by atoms with Crippen LogP contribution in [0, 0.1) is 6.92 Å². The second-order valence-electron chi connectivity index (χ2n) is 6.06. The molecule has 0 saturated carbocycles. The number of hydrogen-bond donors (Lipinski definition) is 2. The minimum Gasteiger partial charge on any atom is -0.486 e. The summed E-state index contributed by atoms with van der Waals surface area (Å²) in [5.41, 5.74) is 2.80. The van der Waals surface area contributed by atoms with Gasteiger partial charge in [0, 0.05) is 17.4 Å². The molecular weight excluding hydrogens is 396 g/mol. The Balaban J connectivity index is 1.30.